The molecule has 0 aliphatic heterocycles. The third kappa shape index (κ3) is 2.82. The van der Waals surface area contributed by atoms with E-state index < -0.39 is 5.91 Å². The van der Waals surface area contributed by atoms with Crippen molar-refractivity contribution in [1.82, 2.24) is 4.98 Å². The van der Waals surface area contributed by atoms with E-state index in [2.05, 4.69) is 17.1 Å². The number of primary amides is 1. The van der Waals surface area contributed by atoms with Gasteiger partial charge in [0.2, 0.25) is 0 Å². The lowest BCUT2D eigenvalue weighted by molar-refractivity contribution is 0.1000. The summed E-state index contributed by atoms with van der Waals surface area (Å²) in [7, 11) is 0. The molecule has 4 heteroatoms. The van der Waals surface area contributed by atoms with Crippen molar-refractivity contribution in [2.75, 3.05) is 0 Å². The fourth-order valence-corrected chi connectivity index (χ4v) is 3.14. The Morgan fingerprint density at radius 2 is 1.62 bits per heavy atom. The number of aromatic nitrogens is 1. The van der Waals surface area contributed by atoms with Crippen molar-refractivity contribution in [1.29, 1.82) is 0 Å². The Hall–Kier alpha value is -3.53. The molecule has 128 valence electrons. The smallest absolute Gasteiger partial charge is 0.250 e. The molecule has 0 atom stereocenters. The predicted molar refractivity (Wildman–Crippen MR) is 104 cm³/mol. The number of para-hydroxylation sites is 1. The van der Waals surface area contributed by atoms with Crippen molar-refractivity contribution in [2.45, 2.75) is 6.92 Å². The maximum Gasteiger partial charge on any atom is 0.250 e. The van der Waals surface area contributed by atoms with E-state index in [1.165, 1.54) is 0 Å². The van der Waals surface area contributed by atoms with Crippen LogP contribution in [0.3, 0.4) is 0 Å². The maximum atomic E-state index is 11.6. The average molecular weight is 342 g/mol. The van der Waals surface area contributed by atoms with Crippen LogP contribution in [-0.4, -0.2) is 10.9 Å². The van der Waals surface area contributed by atoms with E-state index in [4.69, 9.17) is 10.5 Å². The number of rotatable bonds is 4. The van der Waals surface area contributed by atoms with Crippen LogP contribution >= 0.6 is 0 Å². The fraction of sp³-hybridized carbons (Fsp3) is 0.0455. The van der Waals surface area contributed by atoms with Crippen LogP contribution in [0.15, 0.2) is 72.8 Å². The molecule has 0 unspecified atom stereocenters. The van der Waals surface area contributed by atoms with Gasteiger partial charge in [0.05, 0.1) is 11.3 Å². The minimum atomic E-state index is -0.447. The third-order valence-electron chi connectivity index (χ3n) is 4.43. The van der Waals surface area contributed by atoms with E-state index in [-0.39, 0.29) is 0 Å². The van der Waals surface area contributed by atoms with Crippen molar-refractivity contribution < 1.29 is 9.53 Å². The molecule has 0 spiro atoms. The van der Waals surface area contributed by atoms with E-state index in [9.17, 15) is 4.79 Å². The summed E-state index contributed by atoms with van der Waals surface area (Å²) >= 11 is 0. The van der Waals surface area contributed by atoms with Crippen molar-refractivity contribution >= 4 is 16.7 Å². The van der Waals surface area contributed by atoms with Gasteiger partial charge in [0.1, 0.15) is 11.5 Å². The number of hydrogen-bond donors (Lipinski definition) is 2. The van der Waals surface area contributed by atoms with Crippen LogP contribution in [0.2, 0.25) is 0 Å². The molecule has 4 rings (SSSR count). The Labute approximate surface area is 151 Å². The highest BCUT2D eigenvalue weighted by atomic mass is 16.5. The highest BCUT2D eigenvalue weighted by molar-refractivity contribution is 5.95. The van der Waals surface area contributed by atoms with Gasteiger partial charge in [-0.15, -0.1) is 0 Å². The zero-order valence-electron chi connectivity index (χ0n) is 14.3. The van der Waals surface area contributed by atoms with Crippen LogP contribution in [0.5, 0.6) is 11.5 Å². The molecular formula is C22H18N2O2. The lowest BCUT2D eigenvalue weighted by Gasteiger charge is -2.12. The molecule has 3 aromatic carbocycles. The summed E-state index contributed by atoms with van der Waals surface area (Å²) in [6.07, 6.45) is 0. The lowest BCUT2D eigenvalue weighted by atomic mass is 10.1. The summed E-state index contributed by atoms with van der Waals surface area (Å²) in [5, 5.41) is 2.17. The molecule has 1 aromatic heterocycles. The minimum Gasteiger partial charge on any atom is -0.456 e. The highest BCUT2D eigenvalue weighted by Gasteiger charge is 2.14. The molecule has 26 heavy (non-hydrogen) atoms. The minimum absolute atomic E-state index is 0.447. The van der Waals surface area contributed by atoms with Gasteiger partial charge in [0.15, 0.2) is 0 Å². The van der Waals surface area contributed by atoms with E-state index in [1.54, 1.807) is 6.07 Å². The molecule has 0 fully saturated rings. The summed E-state index contributed by atoms with van der Waals surface area (Å²) in [5.41, 5.74) is 8.34. The van der Waals surface area contributed by atoms with Crippen LogP contribution in [0, 0.1) is 6.92 Å². The molecule has 0 bridgehead atoms. The Bertz CT molecular complexity index is 1110. The SMILES string of the molecule is Cc1[nH]c(-c2ccccc2Oc2cccc3ccccc23)cc1C(N)=O. The fourth-order valence-electron chi connectivity index (χ4n) is 3.14. The normalized spacial score (nSPS) is 10.8. The topological polar surface area (TPSA) is 68.1 Å². The number of nitrogens with two attached hydrogens (primary N) is 1. The zero-order chi connectivity index (χ0) is 18.1. The summed E-state index contributed by atoms with van der Waals surface area (Å²) in [6.45, 7) is 1.83. The van der Waals surface area contributed by atoms with Gasteiger partial charge in [-0.25, -0.2) is 0 Å². The first kappa shape index (κ1) is 16.0. The number of carbonyl (C=O) groups excluding carboxylic acids is 1. The second-order valence-electron chi connectivity index (χ2n) is 6.16. The Balaban J connectivity index is 1.79. The van der Waals surface area contributed by atoms with E-state index >= 15 is 0 Å². The van der Waals surface area contributed by atoms with Gasteiger partial charge >= 0.3 is 0 Å². The van der Waals surface area contributed by atoms with Crippen molar-refractivity contribution in [3.63, 3.8) is 0 Å². The zero-order valence-corrected chi connectivity index (χ0v) is 14.3. The van der Waals surface area contributed by atoms with Crippen LogP contribution < -0.4 is 10.5 Å². The number of fused-ring (bicyclic) bond motifs is 1. The molecule has 3 N–H and O–H groups in total. The van der Waals surface area contributed by atoms with Crippen LogP contribution in [-0.2, 0) is 0 Å². The predicted octanol–water partition coefficient (Wildman–Crippen LogP) is 5.03. The van der Waals surface area contributed by atoms with Crippen LogP contribution in [0.1, 0.15) is 16.1 Å². The van der Waals surface area contributed by atoms with Crippen LogP contribution in [0.25, 0.3) is 22.0 Å². The summed E-state index contributed by atoms with van der Waals surface area (Å²) in [4.78, 5) is 14.8. The second kappa shape index (κ2) is 6.41. The summed E-state index contributed by atoms with van der Waals surface area (Å²) in [6, 6.07) is 23.6. The molecular weight excluding hydrogens is 324 g/mol. The first-order valence-electron chi connectivity index (χ1n) is 8.38. The van der Waals surface area contributed by atoms with Crippen molar-refractivity contribution in [3.05, 3.63) is 84.1 Å². The molecule has 0 aliphatic rings. The van der Waals surface area contributed by atoms with Gasteiger partial charge in [0.25, 0.3) is 5.91 Å². The molecule has 1 amide bonds. The quantitative estimate of drug-likeness (QED) is 0.546. The lowest BCUT2D eigenvalue weighted by Crippen LogP contribution is -2.10. The summed E-state index contributed by atoms with van der Waals surface area (Å²) in [5.74, 6) is 1.05. The standard InChI is InChI=1S/C22H18N2O2/c1-14-18(22(23)25)13-19(24-14)17-10-4-5-11-21(17)26-20-12-6-8-15-7-2-3-9-16(15)20/h2-13,24H,1H3,(H2,23,25). The van der Waals surface area contributed by atoms with Gasteiger partial charge in [-0.05, 0) is 36.6 Å². The molecule has 4 nitrogen and oxygen atoms in total. The van der Waals surface area contributed by atoms with Gasteiger partial charge < -0.3 is 15.5 Å². The number of benzene rings is 3. The molecule has 4 aromatic rings. The van der Waals surface area contributed by atoms with Gasteiger partial charge in [-0.3, -0.25) is 4.79 Å². The Morgan fingerprint density at radius 1 is 0.923 bits per heavy atom. The number of nitrogens with one attached hydrogen (secondary N) is 1. The van der Waals surface area contributed by atoms with E-state index in [1.807, 2.05) is 61.5 Å². The van der Waals surface area contributed by atoms with Gasteiger partial charge in [-0.2, -0.15) is 0 Å². The Morgan fingerprint density at radius 3 is 2.42 bits per heavy atom. The molecule has 0 saturated heterocycles. The van der Waals surface area contributed by atoms with Crippen molar-refractivity contribution in [2.24, 2.45) is 5.73 Å². The van der Waals surface area contributed by atoms with Crippen molar-refractivity contribution in [3.8, 4) is 22.8 Å². The van der Waals surface area contributed by atoms with E-state index in [0.717, 1.165) is 33.5 Å². The molecule has 0 saturated carbocycles. The number of amides is 1. The Kier molecular flexibility index (Phi) is 3.93. The number of aryl methyl sites for hydroxylation is 1. The third-order valence-corrected chi connectivity index (χ3v) is 4.43. The highest BCUT2D eigenvalue weighted by Crippen LogP contribution is 2.36. The number of aromatic amines is 1. The number of ether oxygens (including phenoxy) is 1. The van der Waals surface area contributed by atoms with Gasteiger partial charge in [0, 0.05) is 16.6 Å². The number of hydrogen-bond acceptors (Lipinski definition) is 2. The molecule has 0 radical (unpaired) electrons. The largest absolute Gasteiger partial charge is 0.456 e. The average Bonchev–Trinajstić information content (AvgIpc) is 3.04. The second-order valence-corrected chi connectivity index (χ2v) is 6.16. The first-order chi connectivity index (χ1) is 12.6. The number of carbonyl (C=O) groups is 1. The van der Waals surface area contributed by atoms with E-state index in [0.29, 0.717) is 11.3 Å². The molecule has 0 aliphatic carbocycles. The monoisotopic (exact) mass is 342 g/mol. The van der Waals surface area contributed by atoms with Gasteiger partial charge in [-0.1, -0.05) is 48.5 Å². The summed E-state index contributed by atoms with van der Waals surface area (Å²) < 4.78 is 6.25. The number of H-pyrrole nitrogens is 1. The first-order valence-corrected chi connectivity index (χ1v) is 8.38. The molecule has 1 heterocycles. The maximum absolute atomic E-state index is 11.6. The van der Waals surface area contributed by atoms with Crippen LogP contribution in [0.4, 0.5) is 0 Å².